The molecular formula is C18H23N3O2S. The van der Waals surface area contributed by atoms with Crippen LogP contribution in [0.3, 0.4) is 0 Å². The summed E-state index contributed by atoms with van der Waals surface area (Å²) in [5, 5.41) is 0.645. The number of aromatic nitrogens is 2. The largest absolute Gasteiger partial charge is 0.337 e. The first-order valence-corrected chi connectivity index (χ1v) is 9.59. The zero-order chi connectivity index (χ0) is 17.0. The molecule has 0 aromatic carbocycles. The van der Waals surface area contributed by atoms with Crippen LogP contribution in [-0.2, 0) is 13.0 Å². The van der Waals surface area contributed by atoms with E-state index in [2.05, 4.69) is 18.8 Å². The van der Waals surface area contributed by atoms with Gasteiger partial charge in [-0.1, -0.05) is 13.8 Å². The molecule has 2 aromatic rings. The van der Waals surface area contributed by atoms with Crippen LogP contribution in [0.25, 0.3) is 10.2 Å². The molecule has 2 aromatic heterocycles. The molecule has 24 heavy (non-hydrogen) atoms. The summed E-state index contributed by atoms with van der Waals surface area (Å²) in [5.41, 5.74) is 0.839. The number of thiophene rings is 1. The lowest BCUT2D eigenvalue weighted by Crippen LogP contribution is -2.42. The first-order valence-electron chi connectivity index (χ1n) is 8.77. The predicted octanol–water partition coefficient (Wildman–Crippen LogP) is 2.83. The van der Waals surface area contributed by atoms with Crippen LogP contribution in [0, 0.1) is 18.8 Å². The van der Waals surface area contributed by atoms with Crippen molar-refractivity contribution in [2.45, 2.75) is 46.6 Å². The van der Waals surface area contributed by atoms with E-state index in [9.17, 15) is 9.59 Å². The van der Waals surface area contributed by atoms with E-state index in [0.29, 0.717) is 22.1 Å². The lowest BCUT2D eigenvalue weighted by atomic mass is 9.92. The maximum absolute atomic E-state index is 13.0. The van der Waals surface area contributed by atoms with Gasteiger partial charge >= 0.3 is 0 Å². The Kier molecular flexibility index (Phi) is 3.75. The summed E-state index contributed by atoms with van der Waals surface area (Å²) in [7, 11) is 0. The Hall–Kier alpha value is -1.69. The minimum Gasteiger partial charge on any atom is -0.337 e. The Morgan fingerprint density at radius 1 is 1.25 bits per heavy atom. The molecule has 0 aliphatic carbocycles. The third-order valence-electron chi connectivity index (χ3n) is 5.26. The topological polar surface area (TPSA) is 55.2 Å². The number of fused-ring (bicyclic) bond motifs is 2. The van der Waals surface area contributed by atoms with Crippen molar-refractivity contribution in [2.75, 3.05) is 13.1 Å². The van der Waals surface area contributed by atoms with Crippen molar-refractivity contribution in [3.05, 3.63) is 26.6 Å². The average molecular weight is 345 g/mol. The molecule has 2 aliphatic heterocycles. The highest BCUT2D eigenvalue weighted by molar-refractivity contribution is 7.20. The van der Waals surface area contributed by atoms with Crippen molar-refractivity contribution >= 4 is 27.5 Å². The van der Waals surface area contributed by atoms with E-state index < -0.39 is 0 Å². The molecule has 0 N–H and O–H groups in total. The van der Waals surface area contributed by atoms with Gasteiger partial charge in [0, 0.05) is 26.1 Å². The van der Waals surface area contributed by atoms with Crippen molar-refractivity contribution in [1.29, 1.82) is 0 Å². The van der Waals surface area contributed by atoms with Crippen LogP contribution < -0.4 is 5.56 Å². The number of likely N-dealkylation sites (tertiary alicyclic amines) is 1. The van der Waals surface area contributed by atoms with E-state index in [0.717, 1.165) is 48.7 Å². The second kappa shape index (κ2) is 5.69. The molecule has 0 spiro atoms. The Labute approximate surface area is 145 Å². The number of carbonyl (C=O) groups is 1. The summed E-state index contributed by atoms with van der Waals surface area (Å²) in [6.07, 6.45) is 3.01. The number of carbonyl (C=O) groups excluding carboxylic acids is 1. The molecule has 1 saturated heterocycles. The van der Waals surface area contributed by atoms with Gasteiger partial charge in [-0.15, -0.1) is 11.3 Å². The van der Waals surface area contributed by atoms with Gasteiger partial charge in [-0.25, -0.2) is 4.98 Å². The van der Waals surface area contributed by atoms with Crippen LogP contribution in [0.1, 0.15) is 47.7 Å². The number of rotatable bonds is 1. The van der Waals surface area contributed by atoms with Crippen LogP contribution in [-0.4, -0.2) is 33.4 Å². The van der Waals surface area contributed by atoms with E-state index in [-0.39, 0.29) is 11.5 Å². The maximum Gasteiger partial charge on any atom is 0.264 e. The van der Waals surface area contributed by atoms with Gasteiger partial charge in [0.2, 0.25) is 0 Å². The molecule has 128 valence electrons. The molecule has 0 bridgehead atoms. The first kappa shape index (κ1) is 15.8. The summed E-state index contributed by atoms with van der Waals surface area (Å²) in [4.78, 5) is 33.9. The Balaban J connectivity index is 1.78. The molecule has 0 saturated carbocycles. The van der Waals surface area contributed by atoms with Gasteiger partial charge in [-0.05, 0) is 37.2 Å². The van der Waals surface area contributed by atoms with Gasteiger partial charge in [0.25, 0.3) is 11.5 Å². The summed E-state index contributed by atoms with van der Waals surface area (Å²) < 4.78 is 1.78. The Morgan fingerprint density at radius 3 is 2.67 bits per heavy atom. The zero-order valence-corrected chi connectivity index (χ0v) is 15.3. The van der Waals surface area contributed by atoms with Crippen LogP contribution in [0.15, 0.2) is 4.79 Å². The minimum atomic E-state index is 0.0284. The fourth-order valence-corrected chi connectivity index (χ4v) is 5.41. The standard InChI is InChI=1S/C18H23N3O2S/c1-10-7-11(2)9-20(8-10)18(23)15-12(3)14-16(24-15)19-13-5-4-6-21(13)17(14)22/h10-11H,4-9H2,1-3H3/t10-,11+. The lowest BCUT2D eigenvalue weighted by Gasteiger charge is -2.34. The SMILES string of the molecule is Cc1c(C(=O)N2C[C@H](C)C[C@H](C)C2)sc2nc3n(c(=O)c12)CCC3. The molecule has 1 amide bonds. The van der Waals surface area contributed by atoms with E-state index in [4.69, 9.17) is 0 Å². The van der Waals surface area contributed by atoms with Crippen molar-refractivity contribution in [2.24, 2.45) is 11.8 Å². The van der Waals surface area contributed by atoms with E-state index >= 15 is 0 Å². The predicted molar refractivity (Wildman–Crippen MR) is 95.8 cm³/mol. The van der Waals surface area contributed by atoms with Gasteiger partial charge in [0.15, 0.2) is 0 Å². The normalized spacial score (nSPS) is 23.7. The molecule has 2 atom stereocenters. The highest BCUT2D eigenvalue weighted by atomic mass is 32.1. The second-order valence-corrected chi connectivity index (χ2v) is 8.48. The molecule has 6 heteroatoms. The molecular weight excluding hydrogens is 322 g/mol. The summed E-state index contributed by atoms with van der Waals surface area (Å²) in [5.74, 6) is 1.99. The zero-order valence-electron chi connectivity index (χ0n) is 14.5. The summed E-state index contributed by atoms with van der Waals surface area (Å²) >= 11 is 1.39. The molecule has 1 fully saturated rings. The van der Waals surface area contributed by atoms with E-state index in [1.807, 2.05) is 11.8 Å². The maximum atomic E-state index is 13.0. The number of aryl methyl sites for hydroxylation is 2. The van der Waals surface area contributed by atoms with Crippen LogP contribution in [0.2, 0.25) is 0 Å². The van der Waals surface area contributed by atoms with Gasteiger partial charge in [0.1, 0.15) is 10.7 Å². The molecule has 4 heterocycles. The average Bonchev–Trinajstić information content (AvgIpc) is 3.11. The van der Waals surface area contributed by atoms with Gasteiger partial charge in [0.05, 0.1) is 10.3 Å². The number of piperidine rings is 1. The van der Waals surface area contributed by atoms with E-state index in [1.54, 1.807) is 4.57 Å². The van der Waals surface area contributed by atoms with Crippen molar-refractivity contribution in [3.63, 3.8) is 0 Å². The second-order valence-electron chi connectivity index (χ2n) is 7.48. The lowest BCUT2D eigenvalue weighted by molar-refractivity contribution is 0.0627. The molecule has 5 nitrogen and oxygen atoms in total. The number of nitrogens with zero attached hydrogens (tertiary/aromatic N) is 3. The van der Waals surface area contributed by atoms with Crippen molar-refractivity contribution in [1.82, 2.24) is 14.5 Å². The number of hydrogen-bond acceptors (Lipinski definition) is 4. The molecule has 0 radical (unpaired) electrons. The van der Waals surface area contributed by atoms with Crippen LogP contribution >= 0.6 is 11.3 Å². The van der Waals surface area contributed by atoms with E-state index in [1.165, 1.54) is 17.8 Å². The Morgan fingerprint density at radius 2 is 1.96 bits per heavy atom. The van der Waals surface area contributed by atoms with Crippen molar-refractivity contribution in [3.8, 4) is 0 Å². The highest BCUT2D eigenvalue weighted by Crippen LogP contribution is 2.31. The third-order valence-corrected chi connectivity index (χ3v) is 6.44. The molecule has 2 aliphatic rings. The quantitative estimate of drug-likeness (QED) is 0.798. The fourth-order valence-electron chi connectivity index (χ4n) is 4.25. The van der Waals surface area contributed by atoms with Crippen LogP contribution in [0.4, 0.5) is 0 Å². The van der Waals surface area contributed by atoms with Gasteiger partial charge in [-0.3, -0.25) is 14.2 Å². The third kappa shape index (κ3) is 2.39. The monoisotopic (exact) mass is 345 g/mol. The number of amides is 1. The highest BCUT2D eigenvalue weighted by Gasteiger charge is 2.30. The van der Waals surface area contributed by atoms with Gasteiger partial charge < -0.3 is 4.90 Å². The number of hydrogen-bond donors (Lipinski definition) is 0. The summed E-state index contributed by atoms with van der Waals surface area (Å²) in [6, 6.07) is 0. The smallest absolute Gasteiger partial charge is 0.264 e. The molecule has 0 unspecified atom stereocenters. The fraction of sp³-hybridized carbons (Fsp3) is 0.611. The molecule has 4 rings (SSSR count). The minimum absolute atomic E-state index is 0.0284. The summed E-state index contributed by atoms with van der Waals surface area (Å²) in [6.45, 7) is 8.66. The van der Waals surface area contributed by atoms with Gasteiger partial charge in [-0.2, -0.15) is 0 Å². The Bertz CT molecular complexity index is 872. The first-order chi connectivity index (χ1) is 11.5. The van der Waals surface area contributed by atoms with Crippen LogP contribution in [0.5, 0.6) is 0 Å². The van der Waals surface area contributed by atoms with Crippen molar-refractivity contribution < 1.29 is 4.79 Å².